The number of imide groups is 1. The van der Waals surface area contributed by atoms with Crippen molar-refractivity contribution in [3.63, 3.8) is 0 Å². The van der Waals surface area contributed by atoms with E-state index >= 15 is 0 Å². The summed E-state index contributed by atoms with van der Waals surface area (Å²) in [5.41, 5.74) is 4.73. The highest BCUT2D eigenvalue weighted by Crippen LogP contribution is 2.35. The maximum absolute atomic E-state index is 13.0. The van der Waals surface area contributed by atoms with Gasteiger partial charge in [0.05, 0.1) is 34.2 Å². The molecule has 1 aliphatic heterocycles. The van der Waals surface area contributed by atoms with Crippen LogP contribution in [0.15, 0.2) is 53.4 Å². The molecule has 0 unspecified atom stereocenters. The number of hydrogen-bond acceptors (Lipinski definition) is 5. The van der Waals surface area contributed by atoms with Gasteiger partial charge in [-0.3, -0.25) is 14.5 Å². The molecular formula is C25H20Cl2N2O4S. The Hall–Kier alpha value is -3.00. The van der Waals surface area contributed by atoms with E-state index in [1.807, 2.05) is 36.6 Å². The Bertz CT molecular complexity index is 1350. The van der Waals surface area contributed by atoms with Crippen molar-refractivity contribution in [3.8, 4) is 5.69 Å². The van der Waals surface area contributed by atoms with Crippen LogP contribution in [0, 0.1) is 13.8 Å². The van der Waals surface area contributed by atoms with E-state index < -0.39 is 5.97 Å². The summed E-state index contributed by atoms with van der Waals surface area (Å²) in [5, 5.41) is 0.443. The van der Waals surface area contributed by atoms with Crippen LogP contribution >= 0.6 is 35.0 Å². The number of thioether (sulfide) groups is 1. The number of methoxy groups -OCH3 is 1. The summed E-state index contributed by atoms with van der Waals surface area (Å²) in [6, 6.07) is 14.1. The van der Waals surface area contributed by atoms with Gasteiger partial charge in [0.2, 0.25) is 0 Å². The highest BCUT2D eigenvalue weighted by Gasteiger charge is 2.35. The van der Waals surface area contributed by atoms with Crippen LogP contribution in [0.2, 0.25) is 10.0 Å². The minimum Gasteiger partial charge on any atom is -0.465 e. The van der Waals surface area contributed by atoms with Gasteiger partial charge in [-0.15, -0.1) is 0 Å². The third-order valence-corrected chi connectivity index (χ3v) is 7.15. The second-order valence-corrected chi connectivity index (χ2v) is 9.52. The fourth-order valence-electron chi connectivity index (χ4n) is 3.79. The molecule has 2 amide bonds. The fraction of sp³-hybridized carbons (Fsp3) is 0.160. The van der Waals surface area contributed by atoms with Crippen molar-refractivity contribution in [2.75, 3.05) is 7.11 Å². The first-order valence-electron chi connectivity index (χ1n) is 10.3. The van der Waals surface area contributed by atoms with E-state index in [1.165, 1.54) is 12.0 Å². The number of benzene rings is 2. The number of aryl methyl sites for hydroxylation is 1. The molecule has 0 N–H and O–H groups in total. The SMILES string of the molecule is COC(=O)c1ccc(-n2c(C)cc(/C=C3\SC(=O)N(Cc4ccc(Cl)c(Cl)c4)C3=O)c2C)cc1. The van der Waals surface area contributed by atoms with Gasteiger partial charge >= 0.3 is 5.97 Å². The van der Waals surface area contributed by atoms with Crippen molar-refractivity contribution < 1.29 is 19.1 Å². The molecule has 2 aromatic carbocycles. The zero-order chi connectivity index (χ0) is 24.6. The number of carbonyl (C=O) groups excluding carboxylic acids is 3. The summed E-state index contributed by atoms with van der Waals surface area (Å²) in [6.45, 7) is 4.01. The summed E-state index contributed by atoms with van der Waals surface area (Å²) < 4.78 is 6.77. The minimum absolute atomic E-state index is 0.116. The van der Waals surface area contributed by atoms with E-state index in [0.717, 1.165) is 34.4 Å². The fourth-order valence-corrected chi connectivity index (χ4v) is 4.94. The normalized spacial score (nSPS) is 14.9. The summed E-state index contributed by atoms with van der Waals surface area (Å²) >= 11 is 12.9. The first-order valence-corrected chi connectivity index (χ1v) is 11.8. The van der Waals surface area contributed by atoms with Gasteiger partial charge in [0.15, 0.2) is 0 Å². The zero-order valence-corrected chi connectivity index (χ0v) is 20.9. The van der Waals surface area contributed by atoms with Crippen LogP contribution in [-0.4, -0.2) is 33.7 Å². The van der Waals surface area contributed by atoms with Crippen LogP contribution in [-0.2, 0) is 16.1 Å². The minimum atomic E-state index is -0.398. The number of esters is 1. The third-order valence-electron chi connectivity index (χ3n) is 5.50. The van der Waals surface area contributed by atoms with Crippen molar-refractivity contribution >= 4 is 58.2 Å². The Morgan fingerprint density at radius 3 is 2.38 bits per heavy atom. The molecule has 1 fully saturated rings. The van der Waals surface area contributed by atoms with Gasteiger partial charge in [-0.25, -0.2) is 4.79 Å². The lowest BCUT2D eigenvalue weighted by molar-refractivity contribution is -0.123. The van der Waals surface area contributed by atoms with Gasteiger partial charge in [-0.05, 0) is 85.3 Å². The molecule has 1 aromatic heterocycles. The van der Waals surface area contributed by atoms with Gasteiger partial charge in [0.1, 0.15) is 0 Å². The Kier molecular flexibility index (Phi) is 6.89. The van der Waals surface area contributed by atoms with Crippen molar-refractivity contribution in [2.24, 2.45) is 0 Å². The monoisotopic (exact) mass is 514 g/mol. The molecule has 1 saturated heterocycles. The van der Waals surface area contributed by atoms with E-state index in [1.54, 1.807) is 36.4 Å². The molecule has 2 heterocycles. The van der Waals surface area contributed by atoms with Gasteiger partial charge in [-0.1, -0.05) is 29.3 Å². The van der Waals surface area contributed by atoms with Gasteiger partial charge in [-0.2, -0.15) is 0 Å². The maximum atomic E-state index is 13.0. The predicted octanol–water partition coefficient (Wildman–Crippen LogP) is 6.42. The zero-order valence-electron chi connectivity index (χ0n) is 18.6. The molecule has 0 aliphatic carbocycles. The van der Waals surface area contributed by atoms with Crippen LogP contribution < -0.4 is 0 Å². The lowest BCUT2D eigenvalue weighted by Gasteiger charge is -2.13. The van der Waals surface area contributed by atoms with Crippen molar-refractivity contribution in [1.29, 1.82) is 0 Å². The molecule has 0 radical (unpaired) electrons. The first kappa shape index (κ1) is 24.1. The molecule has 174 valence electrons. The summed E-state index contributed by atoms with van der Waals surface area (Å²) in [6.07, 6.45) is 1.74. The van der Waals surface area contributed by atoms with Crippen molar-refractivity contribution in [1.82, 2.24) is 9.47 Å². The number of ether oxygens (including phenoxy) is 1. The van der Waals surface area contributed by atoms with Crippen molar-refractivity contribution in [3.05, 3.63) is 91.6 Å². The lowest BCUT2D eigenvalue weighted by atomic mass is 10.2. The lowest BCUT2D eigenvalue weighted by Crippen LogP contribution is -2.27. The molecular weight excluding hydrogens is 495 g/mol. The van der Waals surface area contributed by atoms with Gasteiger partial charge < -0.3 is 9.30 Å². The predicted molar refractivity (Wildman–Crippen MR) is 135 cm³/mol. The summed E-state index contributed by atoms with van der Waals surface area (Å²) in [4.78, 5) is 38.8. The maximum Gasteiger partial charge on any atom is 0.337 e. The number of halogens is 2. The molecule has 0 atom stereocenters. The van der Waals surface area contributed by atoms with E-state index in [0.29, 0.717) is 26.1 Å². The molecule has 4 rings (SSSR count). The van der Waals surface area contributed by atoms with Crippen LogP contribution in [0.5, 0.6) is 0 Å². The summed E-state index contributed by atoms with van der Waals surface area (Å²) in [5.74, 6) is -0.752. The average Bonchev–Trinajstić information content (AvgIpc) is 3.24. The van der Waals surface area contributed by atoms with E-state index in [9.17, 15) is 14.4 Å². The van der Waals surface area contributed by atoms with E-state index in [4.69, 9.17) is 27.9 Å². The van der Waals surface area contributed by atoms with Crippen LogP contribution in [0.25, 0.3) is 11.8 Å². The van der Waals surface area contributed by atoms with Crippen molar-refractivity contribution in [2.45, 2.75) is 20.4 Å². The Labute approximate surface area is 211 Å². The number of nitrogens with zero attached hydrogens (tertiary/aromatic N) is 2. The Balaban J connectivity index is 1.59. The number of carbonyl (C=O) groups is 3. The van der Waals surface area contributed by atoms with Crippen LogP contribution in [0.3, 0.4) is 0 Å². The smallest absolute Gasteiger partial charge is 0.337 e. The topological polar surface area (TPSA) is 68.6 Å². The number of aromatic nitrogens is 1. The Morgan fingerprint density at radius 2 is 1.74 bits per heavy atom. The van der Waals surface area contributed by atoms with Gasteiger partial charge in [0, 0.05) is 17.1 Å². The largest absolute Gasteiger partial charge is 0.465 e. The summed E-state index contributed by atoms with van der Waals surface area (Å²) in [7, 11) is 1.34. The molecule has 6 nitrogen and oxygen atoms in total. The van der Waals surface area contributed by atoms with E-state index in [2.05, 4.69) is 0 Å². The second kappa shape index (κ2) is 9.70. The quantitative estimate of drug-likeness (QED) is 0.290. The van der Waals surface area contributed by atoms with E-state index in [-0.39, 0.29) is 17.7 Å². The molecule has 0 saturated carbocycles. The van der Waals surface area contributed by atoms with Gasteiger partial charge in [0.25, 0.3) is 11.1 Å². The highest BCUT2D eigenvalue weighted by molar-refractivity contribution is 8.18. The molecule has 0 bridgehead atoms. The number of amides is 2. The standard InChI is InChI=1S/C25H20Cl2N2O4S/c1-14-10-18(15(2)29(14)19-7-5-17(6-8-19)24(31)33-3)12-22-23(30)28(25(32)34-22)13-16-4-9-20(26)21(27)11-16/h4-12H,13H2,1-3H3/b22-12-. The Morgan fingerprint density at radius 1 is 1.03 bits per heavy atom. The molecule has 1 aliphatic rings. The van der Waals surface area contributed by atoms with Crippen LogP contribution in [0.1, 0.15) is 32.9 Å². The number of hydrogen-bond donors (Lipinski definition) is 0. The number of rotatable bonds is 5. The average molecular weight is 515 g/mol. The first-order chi connectivity index (χ1) is 16.2. The van der Waals surface area contributed by atoms with Crippen LogP contribution in [0.4, 0.5) is 4.79 Å². The second-order valence-electron chi connectivity index (χ2n) is 7.72. The molecule has 9 heteroatoms. The third kappa shape index (κ3) is 4.64. The molecule has 3 aromatic rings. The molecule has 0 spiro atoms. The molecule has 34 heavy (non-hydrogen) atoms. The highest BCUT2D eigenvalue weighted by atomic mass is 35.5.